The van der Waals surface area contributed by atoms with Crippen molar-refractivity contribution < 1.29 is 0 Å². The van der Waals surface area contributed by atoms with E-state index in [9.17, 15) is 0 Å². The highest BCUT2D eigenvalue weighted by molar-refractivity contribution is 7.98. The molecule has 0 spiro atoms. The minimum atomic E-state index is 1.05. The van der Waals surface area contributed by atoms with Crippen molar-refractivity contribution in [1.82, 2.24) is 4.98 Å². The van der Waals surface area contributed by atoms with Crippen LogP contribution in [-0.2, 0) is 0 Å². The van der Waals surface area contributed by atoms with Gasteiger partial charge in [-0.1, -0.05) is 0 Å². The number of pyridine rings is 1. The maximum Gasteiger partial charge on any atom is 0.128 e. The molecule has 1 N–H and O–H groups in total. The molecule has 0 aromatic carbocycles. The van der Waals surface area contributed by atoms with Crippen molar-refractivity contribution in [2.75, 3.05) is 41.9 Å². The lowest BCUT2D eigenvalue weighted by Gasteiger charge is -2.27. The molecule has 0 radical (unpaired) electrons. The Kier molecular flexibility index (Phi) is 6.34. The number of hydrogen-bond acceptors (Lipinski definition) is 4. The highest BCUT2D eigenvalue weighted by Crippen LogP contribution is 2.18. The molecular weight excluding hydrogens is 254 g/mol. The van der Waals surface area contributed by atoms with Crippen LogP contribution in [0.4, 0.5) is 11.5 Å². The van der Waals surface area contributed by atoms with Crippen molar-refractivity contribution in [3.8, 4) is 0 Å². The molecular formula is C15H25N3S. The van der Waals surface area contributed by atoms with E-state index in [0.29, 0.717) is 0 Å². The second-order valence-electron chi connectivity index (χ2n) is 5.08. The minimum absolute atomic E-state index is 1.05. The number of piperidine rings is 1. The Morgan fingerprint density at radius 2 is 2.05 bits per heavy atom. The first-order valence-electron chi connectivity index (χ1n) is 7.34. The maximum absolute atomic E-state index is 4.58. The van der Waals surface area contributed by atoms with Gasteiger partial charge in [0.15, 0.2) is 0 Å². The van der Waals surface area contributed by atoms with Gasteiger partial charge in [-0.3, -0.25) is 0 Å². The average molecular weight is 279 g/mol. The van der Waals surface area contributed by atoms with Crippen LogP contribution in [0, 0.1) is 0 Å². The molecule has 106 valence electrons. The Morgan fingerprint density at radius 3 is 2.74 bits per heavy atom. The van der Waals surface area contributed by atoms with Crippen molar-refractivity contribution in [3.63, 3.8) is 0 Å². The van der Waals surface area contributed by atoms with Gasteiger partial charge in [-0.05, 0) is 56.2 Å². The fourth-order valence-electron chi connectivity index (χ4n) is 2.40. The Balaban J connectivity index is 1.74. The van der Waals surface area contributed by atoms with Gasteiger partial charge in [0.2, 0.25) is 0 Å². The summed E-state index contributed by atoms with van der Waals surface area (Å²) in [5.41, 5.74) is 1.14. The number of aromatic nitrogens is 1. The Morgan fingerprint density at radius 1 is 1.21 bits per heavy atom. The zero-order valence-electron chi connectivity index (χ0n) is 11.9. The van der Waals surface area contributed by atoms with Gasteiger partial charge in [-0.25, -0.2) is 4.98 Å². The second kappa shape index (κ2) is 8.31. The average Bonchev–Trinajstić information content (AvgIpc) is 2.49. The molecule has 0 atom stereocenters. The van der Waals surface area contributed by atoms with Gasteiger partial charge in [-0.2, -0.15) is 11.8 Å². The van der Waals surface area contributed by atoms with E-state index in [1.165, 1.54) is 37.9 Å². The van der Waals surface area contributed by atoms with Crippen molar-refractivity contribution in [2.45, 2.75) is 32.1 Å². The van der Waals surface area contributed by atoms with Crippen LogP contribution in [-0.4, -0.2) is 36.6 Å². The Bertz CT molecular complexity index is 347. The van der Waals surface area contributed by atoms with Crippen LogP contribution >= 0.6 is 11.8 Å². The standard InChI is InChI=1S/C15H25N3S/c1-19-12-6-3-9-16-14-7-8-15(17-13-14)18-10-4-2-5-11-18/h7-8,13,16H,2-6,9-12H2,1H3. The third kappa shape index (κ3) is 4.94. The molecule has 19 heavy (non-hydrogen) atoms. The second-order valence-corrected chi connectivity index (χ2v) is 6.07. The summed E-state index contributed by atoms with van der Waals surface area (Å²) < 4.78 is 0. The number of hydrogen-bond donors (Lipinski definition) is 1. The van der Waals surface area contributed by atoms with Crippen molar-refractivity contribution in [3.05, 3.63) is 18.3 Å². The normalized spacial score (nSPS) is 15.5. The molecule has 4 heteroatoms. The molecule has 0 bridgehead atoms. The number of rotatable bonds is 7. The SMILES string of the molecule is CSCCCCNc1ccc(N2CCCCC2)nc1. The first-order chi connectivity index (χ1) is 9.40. The summed E-state index contributed by atoms with van der Waals surface area (Å²) in [5, 5.41) is 3.44. The van der Waals surface area contributed by atoms with Crippen molar-refractivity contribution in [2.24, 2.45) is 0 Å². The van der Waals surface area contributed by atoms with Crippen LogP contribution in [0.15, 0.2) is 18.3 Å². The molecule has 2 heterocycles. The van der Waals surface area contributed by atoms with Crippen LogP contribution in [0.3, 0.4) is 0 Å². The van der Waals surface area contributed by atoms with E-state index in [-0.39, 0.29) is 0 Å². The van der Waals surface area contributed by atoms with Gasteiger partial charge in [0.05, 0.1) is 11.9 Å². The maximum atomic E-state index is 4.58. The largest absolute Gasteiger partial charge is 0.384 e. The number of unbranched alkanes of at least 4 members (excludes halogenated alkanes) is 1. The van der Waals surface area contributed by atoms with E-state index in [2.05, 4.69) is 33.6 Å². The molecule has 1 saturated heterocycles. The summed E-state index contributed by atoms with van der Waals surface area (Å²) in [5.74, 6) is 2.39. The third-order valence-electron chi connectivity index (χ3n) is 3.53. The van der Waals surface area contributed by atoms with Gasteiger partial charge in [0.25, 0.3) is 0 Å². The predicted molar refractivity (Wildman–Crippen MR) is 86.4 cm³/mol. The highest BCUT2D eigenvalue weighted by Gasteiger charge is 2.11. The van der Waals surface area contributed by atoms with E-state index < -0.39 is 0 Å². The van der Waals surface area contributed by atoms with E-state index in [0.717, 1.165) is 31.1 Å². The van der Waals surface area contributed by atoms with Crippen LogP contribution in [0.1, 0.15) is 32.1 Å². The summed E-state index contributed by atoms with van der Waals surface area (Å²) in [6, 6.07) is 4.31. The number of thioether (sulfide) groups is 1. The van der Waals surface area contributed by atoms with E-state index in [1.54, 1.807) is 0 Å². The molecule has 3 nitrogen and oxygen atoms in total. The molecule has 1 aliphatic heterocycles. The van der Waals surface area contributed by atoms with Crippen LogP contribution in [0.25, 0.3) is 0 Å². The summed E-state index contributed by atoms with van der Waals surface area (Å²) in [4.78, 5) is 6.97. The van der Waals surface area contributed by atoms with E-state index in [1.807, 2.05) is 18.0 Å². The van der Waals surface area contributed by atoms with Crippen LogP contribution < -0.4 is 10.2 Å². The summed E-state index contributed by atoms with van der Waals surface area (Å²) >= 11 is 1.92. The quantitative estimate of drug-likeness (QED) is 0.772. The van der Waals surface area contributed by atoms with E-state index >= 15 is 0 Å². The number of anilines is 2. The lowest BCUT2D eigenvalue weighted by atomic mass is 10.1. The predicted octanol–water partition coefficient (Wildman–Crippen LogP) is 3.63. The molecule has 0 unspecified atom stereocenters. The van der Waals surface area contributed by atoms with Gasteiger partial charge >= 0.3 is 0 Å². The van der Waals surface area contributed by atoms with Crippen LogP contribution in [0.5, 0.6) is 0 Å². The zero-order valence-corrected chi connectivity index (χ0v) is 12.7. The fourth-order valence-corrected chi connectivity index (χ4v) is 2.90. The van der Waals surface area contributed by atoms with Gasteiger partial charge in [0, 0.05) is 19.6 Å². The minimum Gasteiger partial charge on any atom is -0.384 e. The fraction of sp³-hybridized carbons (Fsp3) is 0.667. The lowest BCUT2D eigenvalue weighted by molar-refractivity contribution is 0.573. The van der Waals surface area contributed by atoms with Gasteiger partial charge in [-0.15, -0.1) is 0 Å². The molecule has 0 saturated carbocycles. The van der Waals surface area contributed by atoms with Crippen molar-refractivity contribution in [1.29, 1.82) is 0 Å². The number of nitrogens with one attached hydrogen (secondary N) is 1. The molecule has 1 aromatic heterocycles. The van der Waals surface area contributed by atoms with E-state index in [4.69, 9.17) is 0 Å². The van der Waals surface area contributed by atoms with Crippen LogP contribution in [0.2, 0.25) is 0 Å². The summed E-state index contributed by atoms with van der Waals surface area (Å²) in [6.45, 7) is 3.37. The smallest absolute Gasteiger partial charge is 0.128 e. The topological polar surface area (TPSA) is 28.2 Å². The summed E-state index contributed by atoms with van der Waals surface area (Å²) in [6.07, 6.45) is 10.6. The lowest BCUT2D eigenvalue weighted by Crippen LogP contribution is -2.30. The molecule has 1 aliphatic rings. The molecule has 2 rings (SSSR count). The number of nitrogens with zero attached hydrogens (tertiary/aromatic N) is 2. The first kappa shape index (κ1) is 14.5. The molecule has 1 aromatic rings. The molecule has 0 aliphatic carbocycles. The first-order valence-corrected chi connectivity index (χ1v) is 8.73. The summed E-state index contributed by atoms with van der Waals surface area (Å²) in [7, 11) is 0. The zero-order chi connectivity index (χ0) is 13.3. The molecule has 0 amide bonds. The molecule has 1 fully saturated rings. The van der Waals surface area contributed by atoms with Gasteiger partial charge in [0.1, 0.15) is 5.82 Å². The van der Waals surface area contributed by atoms with Gasteiger partial charge < -0.3 is 10.2 Å². The Labute approximate surface area is 121 Å². The van der Waals surface area contributed by atoms with Crippen molar-refractivity contribution >= 4 is 23.3 Å². The highest BCUT2D eigenvalue weighted by atomic mass is 32.2. The monoisotopic (exact) mass is 279 g/mol. The third-order valence-corrected chi connectivity index (χ3v) is 4.23. The Hall–Kier alpha value is -0.900.